The molecule has 0 aliphatic carbocycles. The van der Waals surface area contributed by atoms with Gasteiger partial charge in [-0.2, -0.15) is 0 Å². The highest BCUT2D eigenvalue weighted by atomic mass is 19.3. The third-order valence-corrected chi connectivity index (χ3v) is 2.96. The van der Waals surface area contributed by atoms with Crippen molar-refractivity contribution in [1.29, 1.82) is 0 Å². The van der Waals surface area contributed by atoms with Gasteiger partial charge in [0, 0.05) is 29.5 Å². The lowest BCUT2D eigenvalue weighted by atomic mass is 10.1. The topological polar surface area (TPSA) is 38.5 Å². The highest BCUT2D eigenvalue weighted by Crippen LogP contribution is 2.33. The molecule has 1 aromatic carbocycles. The minimum absolute atomic E-state index is 0.00116. The molecule has 2 rings (SSSR count). The SMILES string of the molecule is CC1COCCN1c1ccc(N)cc1C(F)F. The van der Waals surface area contributed by atoms with E-state index in [-0.39, 0.29) is 11.6 Å². The Kier molecular flexibility index (Phi) is 3.47. The molecule has 5 heteroatoms. The zero-order valence-corrected chi connectivity index (χ0v) is 9.70. The molecule has 1 atom stereocenters. The first-order valence-electron chi connectivity index (χ1n) is 5.61. The van der Waals surface area contributed by atoms with Gasteiger partial charge in [-0.05, 0) is 25.1 Å². The first-order valence-corrected chi connectivity index (χ1v) is 5.61. The number of anilines is 2. The molecule has 94 valence electrons. The van der Waals surface area contributed by atoms with E-state index in [9.17, 15) is 8.78 Å². The zero-order chi connectivity index (χ0) is 12.4. The lowest BCUT2D eigenvalue weighted by Crippen LogP contribution is -2.44. The number of nitrogens with zero attached hydrogens (tertiary/aromatic N) is 1. The molecule has 3 nitrogen and oxygen atoms in total. The van der Waals surface area contributed by atoms with Gasteiger partial charge in [0.05, 0.1) is 13.2 Å². The molecular formula is C12H16F2N2O. The number of ether oxygens (including phenoxy) is 1. The number of hydrogen-bond acceptors (Lipinski definition) is 3. The van der Waals surface area contributed by atoms with Crippen LogP contribution in [0.5, 0.6) is 0 Å². The van der Waals surface area contributed by atoms with Crippen LogP contribution in [0.4, 0.5) is 20.2 Å². The molecule has 17 heavy (non-hydrogen) atoms. The van der Waals surface area contributed by atoms with Crippen molar-refractivity contribution in [3.05, 3.63) is 23.8 Å². The summed E-state index contributed by atoms with van der Waals surface area (Å²) in [5.41, 5.74) is 6.48. The number of hydrogen-bond donors (Lipinski definition) is 1. The quantitative estimate of drug-likeness (QED) is 0.809. The summed E-state index contributed by atoms with van der Waals surface area (Å²) in [5, 5.41) is 0. The van der Waals surface area contributed by atoms with Gasteiger partial charge in [0.25, 0.3) is 6.43 Å². The normalized spacial score (nSPS) is 20.9. The minimum atomic E-state index is -2.51. The van der Waals surface area contributed by atoms with Crippen molar-refractivity contribution in [2.24, 2.45) is 0 Å². The van der Waals surface area contributed by atoms with E-state index in [4.69, 9.17) is 10.5 Å². The van der Waals surface area contributed by atoms with Crippen molar-refractivity contribution < 1.29 is 13.5 Å². The van der Waals surface area contributed by atoms with Gasteiger partial charge in [0.15, 0.2) is 0 Å². The lowest BCUT2D eigenvalue weighted by molar-refractivity contribution is 0.0978. The van der Waals surface area contributed by atoms with Crippen LogP contribution in [0.2, 0.25) is 0 Å². The van der Waals surface area contributed by atoms with Gasteiger partial charge in [-0.3, -0.25) is 0 Å². The van der Waals surface area contributed by atoms with E-state index in [1.54, 1.807) is 12.1 Å². The van der Waals surface area contributed by atoms with Crippen LogP contribution in [0.25, 0.3) is 0 Å². The fraction of sp³-hybridized carbons (Fsp3) is 0.500. The van der Waals surface area contributed by atoms with Gasteiger partial charge in [0.2, 0.25) is 0 Å². The Morgan fingerprint density at radius 3 is 2.88 bits per heavy atom. The van der Waals surface area contributed by atoms with Crippen molar-refractivity contribution in [3.8, 4) is 0 Å². The maximum Gasteiger partial charge on any atom is 0.265 e. The zero-order valence-electron chi connectivity index (χ0n) is 9.70. The minimum Gasteiger partial charge on any atom is -0.399 e. The highest BCUT2D eigenvalue weighted by Gasteiger charge is 2.24. The standard InChI is InChI=1S/C12H16F2N2O/c1-8-7-17-5-4-16(8)11-3-2-9(15)6-10(11)12(13)14/h2-3,6,8,12H,4-5,7,15H2,1H3. The first-order chi connectivity index (χ1) is 8.09. The summed E-state index contributed by atoms with van der Waals surface area (Å²) in [6, 6.07) is 4.77. The summed E-state index contributed by atoms with van der Waals surface area (Å²) in [4.78, 5) is 1.95. The van der Waals surface area contributed by atoms with Crippen LogP contribution in [-0.4, -0.2) is 25.8 Å². The van der Waals surface area contributed by atoms with Crippen molar-refractivity contribution >= 4 is 11.4 Å². The van der Waals surface area contributed by atoms with E-state index in [2.05, 4.69) is 0 Å². The van der Waals surface area contributed by atoms with Crippen molar-refractivity contribution in [2.45, 2.75) is 19.4 Å². The fourth-order valence-electron chi connectivity index (χ4n) is 2.09. The van der Waals surface area contributed by atoms with Crippen LogP contribution >= 0.6 is 0 Å². The molecule has 1 unspecified atom stereocenters. The maximum absolute atomic E-state index is 13.0. The molecule has 0 spiro atoms. The average molecular weight is 242 g/mol. The second-order valence-corrected chi connectivity index (χ2v) is 4.24. The Balaban J connectivity index is 2.36. The number of rotatable bonds is 2. The maximum atomic E-state index is 13.0. The summed E-state index contributed by atoms with van der Waals surface area (Å²) in [6.45, 7) is 3.72. The second kappa shape index (κ2) is 4.87. The molecule has 0 aromatic heterocycles. The summed E-state index contributed by atoms with van der Waals surface area (Å²) in [5.74, 6) is 0. The smallest absolute Gasteiger partial charge is 0.265 e. The predicted molar refractivity (Wildman–Crippen MR) is 63.4 cm³/mol. The molecule has 1 aliphatic heterocycles. The first kappa shape index (κ1) is 12.1. The second-order valence-electron chi connectivity index (χ2n) is 4.24. The third kappa shape index (κ3) is 2.49. The molecule has 0 saturated carbocycles. The molecule has 1 saturated heterocycles. The molecule has 1 heterocycles. The fourth-order valence-corrected chi connectivity index (χ4v) is 2.09. The van der Waals surface area contributed by atoms with E-state index >= 15 is 0 Å². The van der Waals surface area contributed by atoms with E-state index in [1.165, 1.54) is 6.07 Å². The van der Waals surface area contributed by atoms with Gasteiger partial charge in [-0.15, -0.1) is 0 Å². The largest absolute Gasteiger partial charge is 0.399 e. The molecule has 0 amide bonds. The molecule has 0 bridgehead atoms. The number of morpholine rings is 1. The van der Waals surface area contributed by atoms with Gasteiger partial charge in [-0.25, -0.2) is 8.78 Å². The van der Waals surface area contributed by atoms with E-state index < -0.39 is 6.43 Å². The van der Waals surface area contributed by atoms with E-state index in [1.807, 2.05) is 11.8 Å². The van der Waals surface area contributed by atoms with Crippen molar-refractivity contribution in [3.63, 3.8) is 0 Å². The Labute approximate surface area is 99.2 Å². The summed E-state index contributed by atoms with van der Waals surface area (Å²) in [7, 11) is 0. The Bertz CT molecular complexity index is 398. The van der Waals surface area contributed by atoms with Crippen LogP contribution in [0.15, 0.2) is 18.2 Å². The average Bonchev–Trinajstić information content (AvgIpc) is 2.30. The lowest BCUT2D eigenvalue weighted by Gasteiger charge is -2.36. The molecule has 1 aromatic rings. The van der Waals surface area contributed by atoms with Crippen LogP contribution in [-0.2, 0) is 4.74 Å². The molecule has 1 fully saturated rings. The monoisotopic (exact) mass is 242 g/mol. The van der Waals surface area contributed by atoms with Crippen LogP contribution in [0.1, 0.15) is 18.9 Å². The van der Waals surface area contributed by atoms with Crippen LogP contribution in [0, 0.1) is 0 Å². The highest BCUT2D eigenvalue weighted by molar-refractivity contribution is 5.61. The van der Waals surface area contributed by atoms with E-state index in [0.717, 1.165) is 0 Å². The van der Waals surface area contributed by atoms with Gasteiger partial charge in [0.1, 0.15) is 0 Å². The van der Waals surface area contributed by atoms with E-state index in [0.29, 0.717) is 31.1 Å². The number of benzene rings is 1. The summed E-state index contributed by atoms with van der Waals surface area (Å²) in [6.07, 6.45) is -2.51. The Morgan fingerprint density at radius 2 is 2.24 bits per heavy atom. The van der Waals surface area contributed by atoms with Crippen LogP contribution in [0.3, 0.4) is 0 Å². The third-order valence-electron chi connectivity index (χ3n) is 2.96. The summed E-state index contributed by atoms with van der Waals surface area (Å²) < 4.78 is 31.3. The summed E-state index contributed by atoms with van der Waals surface area (Å²) >= 11 is 0. The molecule has 2 N–H and O–H groups in total. The number of alkyl halides is 2. The predicted octanol–water partition coefficient (Wildman–Crippen LogP) is 2.43. The Hall–Kier alpha value is -1.36. The number of halogens is 2. The van der Waals surface area contributed by atoms with Crippen molar-refractivity contribution in [1.82, 2.24) is 0 Å². The van der Waals surface area contributed by atoms with Gasteiger partial charge in [-0.1, -0.05) is 0 Å². The van der Waals surface area contributed by atoms with Gasteiger partial charge < -0.3 is 15.4 Å². The molecule has 0 radical (unpaired) electrons. The Morgan fingerprint density at radius 1 is 1.47 bits per heavy atom. The number of nitrogen functional groups attached to an aromatic ring is 1. The van der Waals surface area contributed by atoms with Crippen LogP contribution < -0.4 is 10.6 Å². The van der Waals surface area contributed by atoms with Crippen molar-refractivity contribution in [2.75, 3.05) is 30.4 Å². The number of nitrogens with two attached hydrogens (primary N) is 1. The molecule has 1 aliphatic rings. The molecular weight excluding hydrogens is 226 g/mol. The van der Waals surface area contributed by atoms with Gasteiger partial charge >= 0.3 is 0 Å².